The number of amidine groups is 1. The Labute approximate surface area is 101 Å². The van der Waals surface area contributed by atoms with Crippen molar-refractivity contribution in [1.29, 1.82) is 0 Å². The summed E-state index contributed by atoms with van der Waals surface area (Å²) < 4.78 is 0.884. The molecule has 4 nitrogen and oxygen atoms in total. The third-order valence-electron chi connectivity index (χ3n) is 1.76. The van der Waals surface area contributed by atoms with Crippen LogP contribution in [0.2, 0.25) is 5.02 Å². The van der Waals surface area contributed by atoms with Crippen molar-refractivity contribution in [3.63, 3.8) is 0 Å². The van der Waals surface area contributed by atoms with Gasteiger partial charge < -0.3 is 16.3 Å². The summed E-state index contributed by atoms with van der Waals surface area (Å²) in [5.74, 6) is 0.201. The molecule has 0 atom stereocenters. The van der Waals surface area contributed by atoms with E-state index in [0.717, 1.165) is 10.2 Å². The number of anilines is 1. The Bertz CT molecular complexity index is 370. The van der Waals surface area contributed by atoms with Crippen LogP contribution in [0.3, 0.4) is 0 Å². The third-order valence-corrected chi connectivity index (χ3v) is 2.65. The topological polar surface area (TPSA) is 70.6 Å². The maximum Gasteiger partial charge on any atom is 0.140 e. The molecule has 82 valence electrons. The van der Waals surface area contributed by atoms with Crippen LogP contribution in [0.15, 0.2) is 27.8 Å². The number of benzene rings is 1. The van der Waals surface area contributed by atoms with Crippen LogP contribution in [-0.2, 0) is 0 Å². The van der Waals surface area contributed by atoms with E-state index in [-0.39, 0.29) is 5.84 Å². The number of hydrogen-bond acceptors (Lipinski definition) is 3. The molecule has 4 N–H and O–H groups in total. The smallest absolute Gasteiger partial charge is 0.140 e. The van der Waals surface area contributed by atoms with E-state index in [0.29, 0.717) is 18.0 Å². The quantitative estimate of drug-likeness (QED) is 0.346. The molecular formula is C9H11BrClN3O. The molecule has 0 aliphatic heterocycles. The van der Waals surface area contributed by atoms with E-state index in [4.69, 9.17) is 22.5 Å². The highest BCUT2D eigenvalue weighted by atomic mass is 79.9. The van der Waals surface area contributed by atoms with E-state index in [9.17, 15) is 0 Å². The van der Waals surface area contributed by atoms with Crippen LogP contribution < -0.4 is 11.1 Å². The van der Waals surface area contributed by atoms with Gasteiger partial charge in [0.05, 0.1) is 0 Å². The number of oxime groups is 1. The predicted octanol–water partition coefficient (Wildman–Crippen LogP) is 2.65. The number of rotatable bonds is 4. The van der Waals surface area contributed by atoms with Gasteiger partial charge in [-0.3, -0.25) is 0 Å². The molecule has 6 heteroatoms. The molecule has 0 radical (unpaired) electrons. The van der Waals surface area contributed by atoms with Crippen molar-refractivity contribution in [1.82, 2.24) is 0 Å². The molecule has 15 heavy (non-hydrogen) atoms. The lowest BCUT2D eigenvalue weighted by atomic mass is 10.3. The zero-order valence-corrected chi connectivity index (χ0v) is 10.2. The van der Waals surface area contributed by atoms with Gasteiger partial charge >= 0.3 is 0 Å². The van der Waals surface area contributed by atoms with Crippen molar-refractivity contribution in [2.75, 3.05) is 11.9 Å². The fourth-order valence-corrected chi connectivity index (χ4v) is 1.83. The fourth-order valence-electron chi connectivity index (χ4n) is 1.01. The molecule has 0 amide bonds. The first-order valence-corrected chi connectivity index (χ1v) is 5.46. The molecule has 0 aromatic heterocycles. The van der Waals surface area contributed by atoms with Gasteiger partial charge in [0.15, 0.2) is 0 Å². The van der Waals surface area contributed by atoms with Crippen molar-refractivity contribution >= 4 is 39.1 Å². The van der Waals surface area contributed by atoms with Crippen LogP contribution in [0.1, 0.15) is 6.42 Å². The zero-order valence-electron chi connectivity index (χ0n) is 7.87. The third kappa shape index (κ3) is 3.97. The number of nitrogens with two attached hydrogens (primary N) is 1. The molecule has 1 rings (SSSR count). The van der Waals surface area contributed by atoms with Gasteiger partial charge in [-0.05, 0) is 34.1 Å². The van der Waals surface area contributed by atoms with Gasteiger partial charge in [0, 0.05) is 28.1 Å². The van der Waals surface area contributed by atoms with Crippen molar-refractivity contribution in [3.8, 4) is 0 Å². The van der Waals surface area contributed by atoms with Gasteiger partial charge in [0.2, 0.25) is 0 Å². The summed E-state index contributed by atoms with van der Waals surface area (Å²) in [4.78, 5) is 0. The van der Waals surface area contributed by atoms with Crippen molar-refractivity contribution in [2.45, 2.75) is 6.42 Å². The summed E-state index contributed by atoms with van der Waals surface area (Å²) in [6.07, 6.45) is 0.478. The maximum absolute atomic E-state index is 8.33. The van der Waals surface area contributed by atoms with E-state index in [1.807, 2.05) is 6.07 Å². The number of halogens is 2. The Morgan fingerprint density at radius 3 is 2.93 bits per heavy atom. The minimum atomic E-state index is 0.201. The molecule has 1 aromatic carbocycles. The highest BCUT2D eigenvalue weighted by Gasteiger charge is 2.00. The molecule has 0 saturated heterocycles. The molecule has 0 fully saturated rings. The molecule has 0 heterocycles. The van der Waals surface area contributed by atoms with Crippen LogP contribution in [-0.4, -0.2) is 17.6 Å². The summed E-state index contributed by atoms with van der Waals surface area (Å²) in [5, 5.41) is 15.0. The maximum atomic E-state index is 8.33. The van der Waals surface area contributed by atoms with Gasteiger partial charge in [-0.15, -0.1) is 0 Å². The lowest BCUT2D eigenvalue weighted by Gasteiger charge is -2.07. The van der Waals surface area contributed by atoms with E-state index in [1.54, 1.807) is 12.1 Å². The number of nitrogens with zero attached hydrogens (tertiary/aromatic N) is 1. The molecule has 0 bridgehead atoms. The van der Waals surface area contributed by atoms with Gasteiger partial charge in [0.25, 0.3) is 0 Å². The standard InChI is InChI=1S/C9H11BrClN3O/c10-7-5-6(11)1-2-8(7)13-4-3-9(12)14-15/h1-2,5,13,15H,3-4H2,(H2,12,14). The highest BCUT2D eigenvalue weighted by molar-refractivity contribution is 9.10. The monoisotopic (exact) mass is 291 g/mol. The first-order valence-electron chi connectivity index (χ1n) is 4.29. The Balaban J connectivity index is 2.51. The summed E-state index contributed by atoms with van der Waals surface area (Å²) in [6, 6.07) is 5.45. The van der Waals surface area contributed by atoms with Gasteiger partial charge in [-0.25, -0.2) is 0 Å². The average molecular weight is 293 g/mol. The summed E-state index contributed by atoms with van der Waals surface area (Å²) in [7, 11) is 0. The molecule has 0 aliphatic carbocycles. The summed E-state index contributed by atoms with van der Waals surface area (Å²) in [6.45, 7) is 0.593. The lowest BCUT2D eigenvalue weighted by molar-refractivity contribution is 0.317. The second kappa shape index (κ2) is 5.82. The minimum absolute atomic E-state index is 0.201. The lowest BCUT2D eigenvalue weighted by Crippen LogP contribution is -2.16. The van der Waals surface area contributed by atoms with Crippen LogP contribution in [0, 0.1) is 0 Å². The van der Waals surface area contributed by atoms with Crippen molar-refractivity contribution < 1.29 is 5.21 Å². The zero-order chi connectivity index (χ0) is 11.3. The number of hydrogen-bond donors (Lipinski definition) is 3. The molecular weight excluding hydrogens is 281 g/mol. The van der Waals surface area contributed by atoms with Crippen LogP contribution in [0.4, 0.5) is 5.69 Å². The minimum Gasteiger partial charge on any atom is -0.409 e. The second-order valence-electron chi connectivity index (χ2n) is 2.89. The van der Waals surface area contributed by atoms with Crippen LogP contribution in [0.25, 0.3) is 0 Å². The normalized spacial score (nSPS) is 11.5. The molecule has 0 aliphatic rings. The number of nitrogens with one attached hydrogen (secondary N) is 1. The Hall–Kier alpha value is -0.940. The first kappa shape index (κ1) is 12.1. The average Bonchev–Trinajstić information content (AvgIpc) is 2.21. The Morgan fingerprint density at radius 1 is 1.60 bits per heavy atom. The highest BCUT2D eigenvalue weighted by Crippen LogP contribution is 2.25. The van der Waals surface area contributed by atoms with Crippen molar-refractivity contribution in [3.05, 3.63) is 27.7 Å². The molecule has 0 spiro atoms. The second-order valence-corrected chi connectivity index (χ2v) is 4.18. The molecule has 0 saturated carbocycles. The van der Waals surface area contributed by atoms with Gasteiger partial charge in [-0.2, -0.15) is 0 Å². The molecule has 1 aromatic rings. The summed E-state index contributed by atoms with van der Waals surface area (Å²) >= 11 is 9.17. The molecule has 0 unspecified atom stereocenters. The van der Waals surface area contributed by atoms with E-state index in [1.165, 1.54) is 0 Å². The van der Waals surface area contributed by atoms with E-state index < -0.39 is 0 Å². The Morgan fingerprint density at radius 2 is 2.33 bits per heavy atom. The SMILES string of the molecule is N/C(CCNc1ccc(Cl)cc1Br)=N/O. The van der Waals surface area contributed by atoms with E-state index >= 15 is 0 Å². The van der Waals surface area contributed by atoms with Crippen LogP contribution >= 0.6 is 27.5 Å². The first-order chi connectivity index (χ1) is 7.13. The van der Waals surface area contributed by atoms with E-state index in [2.05, 4.69) is 26.4 Å². The van der Waals surface area contributed by atoms with Crippen LogP contribution in [0.5, 0.6) is 0 Å². The Kier molecular flexibility index (Phi) is 4.71. The largest absolute Gasteiger partial charge is 0.409 e. The van der Waals surface area contributed by atoms with Crippen molar-refractivity contribution in [2.24, 2.45) is 10.9 Å². The van der Waals surface area contributed by atoms with Gasteiger partial charge in [-0.1, -0.05) is 16.8 Å². The van der Waals surface area contributed by atoms with Gasteiger partial charge in [0.1, 0.15) is 5.84 Å². The predicted molar refractivity (Wildman–Crippen MR) is 65.7 cm³/mol. The fraction of sp³-hybridized carbons (Fsp3) is 0.222. The summed E-state index contributed by atoms with van der Waals surface area (Å²) in [5.41, 5.74) is 6.25.